The molecule has 1 heteroatoms. The number of allylic oxidation sites excluding steroid dienone is 2. The van der Waals surface area contributed by atoms with Gasteiger partial charge < -0.3 is 4.74 Å². The Morgan fingerprint density at radius 3 is 2.58 bits per heavy atom. The summed E-state index contributed by atoms with van der Waals surface area (Å²) in [4.78, 5) is 0. The van der Waals surface area contributed by atoms with Crippen molar-refractivity contribution in [3.05, 3.63) is 35.9 Å². The Balaban J connectivity index is 3.13. The molecule has 0 saturated heterocycles. The maximum absolute atomic E-state index is 5.23. The van der Waals surface area contributed by atoms with Gasteiger partial charge in [-0.3, -0.25) is 0 Å². The van der Waals surface area contributed by atoms with Crippen LogP contribution in [0.5, 0.6) is 5.75 Å². The van der Waals surface area contributed by atoms with Crippen LogP contribution in [-0.2, 0) is 0 Å². The predicted molar refractivity (Wildman–Crippen MR) is 52.3 cm³/mol. The highest BCUT2D eigenvalue weighted by Crippen LogP contribution is 2.24. The first kappa shape index (κ1) is 8.85. The summed E-state index contributed by atoms with van der Waals surface area (Å²) in [7, 11) is 1.70. The zero-order chi connectivity index (χ0) is 8.97. The van der Waals surface area contributed by atoms with E-state index in [1.54, 1.807) is 7.11 Å². The summed E-state index contributed by atoms with van der Waals surface area (Å²) in [5.41, 5.74) is 2.41. The SMILES string of the molecule is C/C=C(\C)c1ccccc1OC. The van der Waals surface area contributed by atoms with E-state index in [0.717, 1.165) is 5.75 Å². The number of para-hydroxylation sites is 1. The van der Waals surface area contributed by atoms with Gasteiger partial charge >= 0.3 is 0 Å². The fraction of sp³-hybridized carbons (Fsp3) is 0.273. The molecule has 1 aromatic carbocycles. The molecular weight excluding hydrogens is 148 g/mol. The van der Waals surface area contributed by atoms with Crippen LogP contribution in [-0.4, -0.2) is 7.11 Å². The van der Waals surface area contributed by atoms with Crippen LogP contribution in [0, 0.1) is 0 Å². The molecule has 0 aliphatic heterocycles. The lowest BCUT2D eigenvalue weighted by molar-refractivity contribution is 0.413. The molecule has 0 aliphatic rings. The van der Waals surface area contributed by atoms with Gasteiger partial charge in [-0.25, -0.2) is 0 Å². The van der Waals surface area contributed by atoms with E-state index in [1.807, 2.05) is 25.1 Å². The number of ether oxygens (including phenoxy) is 1. The quantitative estimate of drug-likeness (QED) is 0.649. The van der Waals surface area contributed by atoms with Gasteiger partial charge in [-0.05, 0) is 25.5 Å². The molecule has 0 amide bonds. The molecule has 0 bridgehead atoms. The smallest absolute Gasteiger partial charge is 0.126 e. The third-order valence-electron chi connectivity index (χ3n) is 1.96. The Morgan fingerprint density at radius 1 is 1.33 bits per heavy atom. The lowest BCUT2D eigenvalue weighted by Crippen LogP contribution is -1.88. The molecule has 12 heavy (non-hydrogen) atoms. The number of hydrogen-bond donors (Lipinski definition) is 0. The minimum atomic E-state index is 0.938. The van der Waals surface area contributed by atoms with Crippen LogP contribution in [0.1, 0.15) is 19.4 Å². The highest BCUT2D eigenvalue weighted by Gasteiger charge is 2.00. The highest BCUT2D eigenvalue weighted by atomic mass is 16.5. The molecule has 0 heterocycles. The van der Waals surface area contributed by atoms with E-state index < -0.39 is 0 Å². The van der Waals surface area contributed by atoms with Crippen molar-refractivity contribution in [1.82, 2.24) is 0 Å². The van der Waals surface area contributed by atoms with Crippen LogP contribution in [0.4, 0.5) is 0 Å². The first-order valence-corrected chi connectivity index (χ1v) is 4.06. The van der Waals surface area contributed by atoms with Crippen molar-refractivity contribution in [2.75, 3.05) is 7.11 Å². The minimum absolute atomic E-state index is 0.938. The van der Waals surface area contributed by atoms with Crippen LogP contribution in [0.2, 0.25) is 0 Å². The number of methoxy groups -OCH3 is 1. The standard InChI is InChI=1S/C11H14O/c1-4-9(2)10-7-5-6-8-11(10)12-3/h4-8H,1-3H3/b9-4+. The van der Waals surface area contributed by atoms with Gasteiger partial charge in [0, 0.05) is 5.56 Å². The lowest BCUT2D eigenvalue weighted by atomic mass is 10.1. The van der Waals surface area contributed by atoms with Crippen LogP contribution in [0.25, 0.3) is 5.57 Å². The van der Waals surface area contributed by atoms with Crippen molar-refractivity contribution in [1.29, 1.82) is 0 Å². The molecule has 1 aromatic rings. The second-order valence-electron chi connectivity index (χ2n) is 2.67. The molecule has 0 aromatic heterocycles. The van der Waals surface area contributed by atoms with Gasteiger partial charge in [-0.15, -0.1) is 0 Å². The molecule has 0 atom stereocenters. The van der Waals surface area contributed by atoms with E-state index in [4.69, 9.17) is 4.74 Å². The molecule has 0 fully saturated rings. The summed E-state index contributed by atoms with van der Waals surface area (Å²) in [6.07, 6.45) is 2.08. The molecule has 1 rings (SSSR count). The third kappa shape index (κ3) is 1.67. The normalized spacial score (nSPS) is 11.4. The monoisotopic (exact) mass is 162 g/mol. The van der Waals surface area contributed by atoms with Gasteiger partial charge in [-0.2, -0.15) is 0 Å². The topological polar surface area (TPSA) is 9.23 Å². The summed E-state index contributed by atoms with van der Waals surface area (Å²) < 4.78 is 5.23. The van der Waals surface area contributed by atoms with E-state index >= 15 is 0 Å². The van der Waals surface area contributed by atoms with Crippen molar-refractivity contribution < 1.29 is 4.74 Å². The fourth-order valence-electron chi connectivity index (χ4n) is 1.13. The van der Waals surface area contributed by atoms with Crippen molar-refractivity contribution in [2.24, 2.45) is 0 Å². The van der Waals surface area contributed by atoms with Crippen LogP contribution >= 0.6 is 0 Å². The maximum atomic E-state index is 5.23. The Bertz CT molecular complexity index is 287. The Labute approximate surface area is 73.7 Å². The predicted octanol–water partition coefficient (Wildman–Crippen LogP) is 3.12. The van der Waals surface area contributed by atoms with Crippen LogP contribution in [0.3, 0.4) is 0 Å². The van der Waals surface area contributed by atoms with Gasteiger partial charge in [-0.1, -0.05) is 24.3 Å². The first-order chi connectivity index (χ1) is 5.79. The van der Waals surface area contributed by atoms with Crippen LogP contribution < -0.4 is 4.74 Å². The van der Waals surface area contributed by atoms with Crippen molar-refractivity contribution in [3.8, 4) is 5.75 Å². The zero-order valence-corrected chi connectivity index (χ0v) is 7.79. The highest BCUT2D eigenvalue weighted by molar-refractivity contribution is 5.68. The van der Waals surface area contributed by atoms with Gasteiger partial charge in [0.1, 0.15) is 5.75 Å². The van der Waals surface area contributed by atoms with Crippen molar-refractivity contribution >= 4 is 5.57 Å². The molecule has 0 spiro atoms. The molecule has 64 valence electrons. The number of hydrogen-bond acceptors (Lipinski definition) is 1. The van der Waals surface area contributed by atoms with E-state index in [0.29, 0.717) is 0 Å². The third-order valence-corrected chi connectivity index (χ3v) is 1.96. The van der Waals surface area contributed by atoms with E-state index in [9.17, 15) is 0 Å². The lowest BCUT2D eigenvalue weighted by Gasteiger charge is -2.07. The second-order valence-corrected chi connectivity index (χ2v) is 2.67. The van der Waals surface area contributed by atoms with E-state index in [2.05, 4.69) is 19.1 Å². The van der Waals surface area contributed by atoms with E-state index in [-0.39, 0.29) is 0 Å². The Kier molecular flexibility index (Phi) is 2.92. The number of benzene rings is 1. The summed E-state index contributed by atoms with van der Waals surface area (Å²) in [6, 6.07) is 8.03. The van der Waals surface area contributed by atoms with Gasteiger partial charge in [0.15, 0.2) is 0 Å². The fourth-order valence-corrected chi connectivity index (χ4v) is 1.13. The Morgan fingerprint density at radius 2 is 2.00 bits per heavy atom. The van der Waals surface area contributed by atoms with E-state index in [1.165, 1.54) is 11.1 Å². The number of rotatable bonds is 2. The average molecular weight is 162 g/mol. The van der Waals surface area contributed by atoms with Crippen LogP contribution in [0.15, 0.2) is 30.3 Å². The van der Waals surface area contributed by atoms with Gasteiger partial charge in [0.2, 0.25) is 0 Å². The molecule has 0 radical (unpaired) electrons. The molecule has 0 saturated carbocycles. The Hall–Kier alpha value is -1.24. The van der Waals surface area contributed by atoms with Gasteiger partial charge in [0.25, 0.3) is 0 Å². The molecule has 1 nitrogen and oxygen atoms in total. The maximum Gasteiger partial charge on any atom is 0.126 e. The summed E-state index contributed by atoms with van der Waals surface area (Å²) in [5, 5.41) is 0. The largest absolute Gasteiger partial charge is 0.496 e. The summed E-state index contributed by atoms with van der Waals surface area (Å²) >= 11 is 0. The van der Waals surface area contributed by atoms with Crippen molar-refractivity contribution in [2.45, 2.75) is 13.8 Å². The average Bonchev–Trinajstić information content (AvgIpc) is 2.16. The summed E-state index contributed by atoms with van der Waals surface area (Å²) in [5.74, 6) is 0.938. The van der Waals surface area contributed by atoms with Gasteiger partial charge in [0.05, 0.1) is 7.11 Å². The zero-order valence-electron chi connectivity index (χ0n) is 7.79. The molecular formula is C11H14O. The molecule has 0 N–H and O–H groups in total. The van der Waals surface area contributed by atoms with Crippen molar-refractivity contribution in [3.63, 3.8) is 0 Å². The summed E-state index contributed by atoms with van der Waals surface area (Å²) in [6.45, 7) is 4.11. The first-order valence-electron chi connectivity index (χ1n) is 4.06. The molecule has 0 unspecified atom stereocenters. The second kappa shape index (κ2) is 3.96. The minimum Gasteiger partial charge on any atom is -0.496 e. The molecule has 0 aliphatic carbocycles.